The second-order valence-corrected chi connectivity index (χ2v) is 11.0. The third kappa shape index (κ3) is 4.96. The molecule has 4 rings (SSSR count). The fourth-order valence-electron chi connectivity index (χ4n) is 5.55. The van der Waals surface area contributed by atoms with Crippen LogP contribution in [0, 0.1) is 20.8 Å². The molecule has 0 unspecified atom stereocenters. The van der Waals surface area contributed by atoms with Crippen LogP contribution in [0.3, 0.4) is 0 Å². The standard InChI is InChI=1S/C30H41N3O2/c1-9-20-17(3)19(5)31-25(20)16-27-23-14-12-11-13-22(23)26(32-27)15-24-18(4)21(10-2)28(33-24)29(34)35-30(6,7)8/h16,31,33H,9-15H2,1-8H3/b27-16-. The summed E-state index contributed by atoms with van der Waals surface area (Å²) in [7, 11) is 0. The molecular formula is C30H41N3O2. The average Bonchev–Trinajstić information content (AvgIpc) is 3.39. The lowest BCUT2D eigenvalue weighted by atomic mass is 9.88. The zero-order valence-corrected chi connectivity index (χ0v) is 22.8. The molecule has 0 saturated carbocycles. The van der Waals surface area contributed by atoms with Crippen LogP contribution in [0.1, 0.15) is 110 Å². The summed E-state index contributed by atoms with van der Waals surface area (Å²) in [5.41, 5.74) is 13.6. The van der Waals surface area contributed by atoms with E-state index in [4.69, 9.17) is 9.73 Å². The number of nitrogens with zero attached hydrogens (tertiary/aromatic N) is 1. The highest BCUT2D eigenvalue weighted by molar-refractivity contribution is 6.07. The molecule has 0 fully saturated rings. The van der Waals surface area contributed by atoms with Gasteiger partial charge in [-0.2, -0.15) is 0 Å². The second kappa shape index (κ2) is 9.67. The van der Waals surface area contributed by atoms with Gasteiger partial charge in [-0.1, -0.05) is 13.8 Å². The van der Waals surface area contributed by atoms with Crippen molar-refractivity contribution in [3.63, 3.8) is 0 Å². The van der Waals surface area contributed by atoms with Crippen LogP contribution in [0.15, 0.2) is 21.8 Å². The van der Waals surface area contributed by atoms with Crippen LogP contribution in [-0.4, -0.2) is 27.2 Å². The lowest BCUT2D eigenvalue weighted by Crippen LogP contribution is -2.24. The first-order chi connectivity index (χ1) is 16.5. The monoisotopic (exact) mass is 475 g/mol. The molecule has 3 heterocycles. The highest BCUT2D eigenvalue weighted by Crippen LogP contribution is 2.39. The average molecular weight is 476 g/mol. The molecule has 5 nitrogen and oxygen atoms in total. The van der Waals surface area contributed by atoms with Crippen molar-refractivity contribution in [1.82, 2.24) is 9.97 Å². The van der Waals surface area contributed by atoms with Gasteiger partial charge in [-0.15, -0.1) is 0 Å². The molecule has 0 amide bonds. The van der Waals surface area contributed by atoms with E-state index < -0.39 is 5.60 Å². The molecule has 0 radical (unpaired) electrons. The van der Waals surface area contributed by atoms with E-state index in [1.807, 2.05) is 20.8 Å². The normalized spacial score (nSPS) is 17.3. The molecule has 188 valence electrons. The number of aryl methyl sites for hydroxylation is 1. The first-order valence-electron chi connectivity index (χ1n) is 13.2. The van der Waals surface area contributed by atoms with Crippen molar-refractivity contribution < 1.29 is 9.53 Å². The molecule has 2 aromatic heterocycles. The number of allylic oxidation sites excluding steroid dienone is 2. The van der Waals surface area contributed by atoms with Crippen molar-refractivity contribution in [1.29, 1.82) is 0 Å². The summed E-state index contributed by atoms with van der Waals surface area (Å²) in [6.07, 6.45) is 9.35. The van der Waals surface area contributed by atoms with Gasteiger partial charge in [-0.3, -0.25) is 4.99 Å². The summed E-state index contributed by atoms with van der Waals surface area (Å²) < 4.78 is 5.68. The molecule has 2 N–H and O–H groups in total. The van der Waals surface area contributed by atoms with Crippen LogP contribution in [0.4, 0.5) is 0 Å². The van der Waals surface area contributed by atoms with Gasteiger partial charge < -0.3 is 14.7 Å². The van der Waals surface area contributed by atoms with Crippen LogP contribution in [0.25, 0.3) is 6.08 Å². The molecular weight excluding hydrogens is 434 g/mol. The van der Waals surface area contributed by atoms with E-state index in [2.05, 4.69) is 50.7 Å². The Balaban J connectivity index is 1.71. The van der Waals surface area contributed by atoms with E-state index in [9.17, 15) is 4.79 Å². The fraction of sp³-hybridized carbons (Fsp3) is 0.533. The lowest BCUT2D eigenvalue weighted by molar-refractivity contribution is 0.00622. The van der Waals surface area contributed by atoms with Gasteiger partial charge in [0.05, 0.1) is 11.4 Å². The molecule has 0 aromatic carbocycles. The van der Waals surface area contributed by atoms with Crippen molar-refractivity contribution in [2.24, 2.45) is 4.99 Å². The molecule has 0 bridgehead atoms. The zero-order chi connectivity index (χ0) is 25.5. The smallest absolute Gasteiger partial charge is 0.355 e. The number of esters is 1. The quantitative estimate of drug-likeness (QED) is 0.432. The van der Waals surface area contributed by atoms with Gasteiger partial charge in [0, 0.05) is 23.5 Å². The Morgan fingerprint density at radius 1 is 0.971 bits per heavy atom. The maximum absolute atomic E-state index is 12.9. The Bertz CT molecular complexity index is 1240. The van der Waals surface area contributed by atoms with Crippen LogP contribution in [-0.2, 0) is 24.0 Å². The molecule has 5 heteroatoms. The van der Waals surface area contributed by atoms with Gasteiger partial charge in [0.1, 0.15) is 11.3 Å². The van der Waals surface area contributed by atoms with Gasteiger partial charge in [-0.25, -0.2) is 4.79 Å². The number of aromatic nitrogens is 2. The summed E-state index contributed by atoms with van der Waals surface area (Å²) in [5, 5.41) is 0. The lowest BCUT2D eigenvalue weighted by Gasteiger charge is -2.19. The van der Waals surface area contributed by atoms with Crippen molar-refractivity contribution in [2.75, 3.05) is 0 Å². The third-order valence-corrected chi connectivity index (χ3v) is 7.46. The van der Waals surface area contributed by atoms with Gasteiger partial charge in [-0.05, 0) is 120 Å². The zero-order valence-electron chi connectivity index (χ0n) is 22.8. The van der Waals surface area contributed by atoms with Crippen LogP contribution in [0.5, 0.6) is 0 Å². The maximum atomic E-state index is 12.9. The SMILES string of the molecule is CCc1c(/C=C2\N=C(Cc3[nH]c(C(=O)OC(C)(C)C)c(CC)c3C)C3=C2CCCC3)[nH]c(C)c1C. The number of nitrogens with one attached hydrogen (secondary N) is 2. The maximum Gasteiger partial charge on any atom is 0.355 e. The number of aromatic amines is 2. The highest BCUT2D eigenvalue weighted by Gasteiger charge is 2.29. The van der Waals surface area contributed by atoms with E-state index >= 15 is 0 Å². The van der Waals surface area contributed by atoms with Crippen LogP contribution >= 0.6 is 0 Å². The Morgan fingerprint density at radius 3 is 2.26 bits per heavy atom. The predicted molar refractivity (Wildman–Crippen MR) is 144 cm³/mol. The van der Waals surface area contributed by atoms with Gasteiger partial charge in [0.2, 0.25) is 0 Å². The first kappa shape index (κ1) is 25.3. The van der Waals surface area contributed by atoms with E-state index in [0.717, 1.165) is 53.9 Å². The Labute approximate surface area is 210 Å². The fourth-order valence-corrected chi connectivity index (χ4v) is 5.55. The van der Waals surface area contributed by atoms with Gasteiger partial charge in [0.15, 0.2) is 0 Å². The second-order valence-electron chi connectivity index (χ2n) is 11.0. The van der Waals surface area contributed by atoms with Crippen LogP contribution < -0.4 is 0 Å². The van der Waals surface area contributed by atoms with E-state index in [1.165, 1.54) is 46.5 Å². The molecule has 0 atom stereocenters. The van der Waals surface area contributed by atoms with Crippen molar-refractivity contribution in [3.8, 4) is 0 Å². The van der Waals surface area contributed by atoms with E-state index in [1.54, 1.807) is 0 Å². The number of carbonyl (C=O) groups excluding carboxylic acids is 1. The molecule has 0 spiro atoms. The number of H-pyrrole nitrogens is 2. The number of aliphatic imine (C=N–C) groups is 1. The molecule has 2 aromatic rings. The summed E-state index contributed by atoms with van der Waals surface area (Å²) >= 11 is 0. The number of hydrogen-bond donors (Lipinski definition) is 2. The number of rotatable bonds is 6. The minimum absolute atomic E-state index is 0.278. The largest absolute Gasteiger partial charge is 0.455 e. The van der Waals surface area contributed by atoms with E-state index in [-0.39, 0.29) is 5.97 Å². The topological polar surface area (TPSA) is 70.2 Å². The minimum atomic E-state index is -0.524. The van der Waals surface area contributed by atoms with Crippen LogP contribution in [0.2, 0.25) is 0 Å². The van der Waals surface area contributed by atoms with Crippen molar-refractivity contribution in [3.05, 3.63) is 61.9 Å². The molecule has 1 aliphatic carbocycles. The Hall–Kier alpha value is -2.82. The van der Waals surface area contributed by atoms with Crippen molar-refractivity contribution >= 4 is 17.8 Å². The summed E-state index contributed by atoms with van der Waals surface area (Å²) in [4.78, 5) is 25.1. The molecule has 35 heavy (non-hydrogen) atoms. The molecule has 0 saturated heterocycles. The summed E-state index contributed by atoms with van der Waals surface area (Å²) in [5.74, 6) is -0.278. The Kier molecular flexibility index (Phi) is 6.99. The molecule has 1 aliphatic heterocycles. The minimum Gasteiger partial charge on any atom is -0.455 e. The van der Waals surface area contributed by atoms with Gasteiger partial charge >= 0.3 is 5.97 Å². The number of hydrogen-bond acceptors (Lipinski definition) is 3. The third-order valence-electron chi connectivity index (χ3n) is 7.46. The predicted octanol–water partition coefficient (Wildman–Crippen LogP) is 7.26. The number of ether oxygens (including phenoxy) is 1. The Morgan fingerprint density at radius 2 is 1.63 bits per heavy atom. The highest BCUT2D eigenvalue weighted by atomic mass is 16.6. The summed E-state index contributed by atoms with van der Waals surface area (Å²) in [6, 6.07) is 0. The molecule has 2 aliphatic rings. The summed E-state index contributed by atoms with van der Waals surface area (Å²) in [6.45, 7) is 16.5. The first-order valence-corrected chi connectivity index (χ1v) is 13.2. The van der Waals surface area contributed by atoms with E-state index in [0.29, 0.717) is 12.1 Å². The number of carbonyl (C=O) groups is 1. The van der Waals surface area contributed by atoms with Gasteiger partial charge in [0.25, 0.3) is 0 Å². The van der Waals surface area contributed by atoms with Crippen molar-refractivity contribution in [2.45, 2.75) is 106 Å².